The van der Waals surface area contributed by atoms with Gasteiger partial charge in [0.05, 0.1) is 5.54 Å². The smallest absolute Gasteiger partial charge is 0.249 e. The lowest BCUT2D eigenvalue weighted by atomic mass is 9.76. The third kappa shape index (κ3) is 2.51. The number of benzene rings is 1. The van der Waals surface area contributed by atoms with Crippen LogP contribution in [-0.2, 0) is 15.1 Å². The Morgan fingerprint density at radius 3 is 2.84 bits per heavy atom. The van der Waals surface area contributed by atoms with E-state index in [0.717, 1.165) is 24.3 Å². The number of ether oxygens (including phenoxy) is 1. The minimum Gasteiger partial charge on any atom is -0.384 e. The van der Waals surface area contributed by atoms with Gasteiger partial charge in [-0.3, -0.25) is 4.79 Å². The summed E-state index contributed by atoms with van der Waals surface area (Å²) in [4.78, 5) is 24.7. The maximum Gasteiger partial charge on any atom is 0.249 e. The Morgan fingerprint density at radius 2 is 2.08 bits per heavy atom. The lowest BCUT2D eigenvalue weighted by Crippen LogP contribution is -2.67. The van der Waals surface area contributed by atoms with Gasteiger partial charge in [0.1, 0.15) is 30.7 Å². The topological polar surface area (TPSA) is 84.6 Å². The minimum atomic E-state index is -0.453. The summed E-state index contributed by atoms with van der Waals surface area (Å²) in [6.45, 7) is 1.50. The maximum atomic E-state index is 12.4. The third-order valence-electron chi connectivity index (χ3n) is 5.33. The number of nitrogens with zero attached hydrogens (tertiary/aromatic N) is 4. The molecule has 4 rings (SSSR count). The van der Waals surface area contributed by atoms with Crippen LogP contribution >= 0.6 is 0 Å². The zero-order chi connectivity index (χ0) is 17.4. The fourth-order valence-corrected chi connectivity index (χ4v) is 3.97. The largest absolute Gasteiger partial charge is 0.384 e. The molecule has 2 saturated heterocycles. The number of fused-ring (bicyclic) bond motifs is 1. The number of carbonyl (C=O) groups is 1. The van der Waals surface area contributed by atoms with Gasteiger partial charge in [0, 0.05) is 26.2 Å². The van der Waals surface area contributed by atoms with Crippen molar-refractivity contribution in [3.05, 3.63) is 48.3 Å². The number of aromatic nitrogens is 2. The molecule has 1 aromatic heterocycles. The molecule has 3 heterocycles. The molecule has 2 aliphatic heterocycles. The second-order valence-corrected chi connectivity index (χ2v) is 6.54. The predicted molar refractivity (Wildman–Crippen MR) is 93.9 cm³/mol. The van der Waals surface area contributed by atoms with Gasteiger partial charge in [0.25, 0.3) is 0 Å². The average Bonchev–Trinajstić information content (AvgIpc) is 2.65. The number of morpholine rings is 1. The van der Waals surface area contributed by atoms with Gasteiger partial charge in [0.2, 0.25) is 5.91 Å². The molecule has 2 atom stereocenters. The van der Waals surface area contributed by atoms with Crippen molar-refractivity contribution in [2.24, 2.45) is 0 Å². The summed E-state index contributed by atoms with van der Waals surface area (Å²) in [5, 5.41) is 0. The quantitative estimate of drug-likeness (QED) is 0.879. The summed E-state index contributed by atoms with van der Waals surface area (Å²) < 4.78 is 6.00. The van der Waals surface area contributed by atoms with E-state index in [9.17, 15) is 4.79 Å². The maximum absolute atomic E-state index is 12.4. The first-order valence-electron chi connectivity index (χ1n) is 8.37. The molecule has 130 valence electrons. The Hall–Kier alpha value is -2.67. The van der Waals surface area contributed by atoms with Crippen molar-refractivity contribution in [1.29, 1.82) is 0 Å². The van der Waals surface area contributed by atoms with Gasteiger partial charge in [-0.15, -0.1) is 0 Å². The van der Waals surface area contributed by atoms with Gasteiger partial charge in [-0.2, -0.15) is 0 Å². The first-order valence-corrected chi connectivity index (χ1v) is 8.37. The Morgan fingerprint density at radius 1 is 1.28 bits per heavy atom. The van der Waals surface area contributed by atoms with Gasteiger partial charge in [0.15, 0.2) is 0 Å². The highest BCUT2D eigenvalue weighted by atomic mass is 16.5. The first kappa shape index (κ1) is 15.8. The highest BCUT2D eigenvalue weighted by Gasteiger charge is 2.52. The van der Waals surface area contributed by atoms with E-state index in [0.29, 0.717) is 12.4 Å². The van der Waals surface area contributed by atoms with E-state index >= 15 is 0 Å². The van der Waals surface area contributed by atoms with Crippen molar-refractivity contribution in [2.45, 2.75) is 18.1 Å². The van der Waals surface area contributed by atoms with Gasteiger partial charge in [-0.25, -0.2) is 9.97 Å². The molecule has 7 nitrogen and oxygen atoms in total. The third-order valence-corrected chi connectivity index (χ3v) is 5.33. The van der Waals surface area contributed by atoms with Crippen molar-refractivity contribution in [1.82, 2.24) is 14.9 Å². The van der Waals surface area contributed by atoms with Crippen LogP contribution in [0.2, 0.25) is 0 Å². The normalized spacial score (nSPS) is 26.4. The van der Waals surface area contributed by atoms with E-state index < -0.39 is 5.54 Å². The molecule has 0 aliphatic carbocycles. The number of rotatable bonds is 2. The van der Waals surface area contributed by atoms with E-state index in [1.807, 2.05) is 30.1 Å². The van der Waals surface area contributed by atoms with Crippen LogP contribution in [0.3, 0.4) is 0 Å². The Bertz CT molecular complexity index is 784. The molecular weight excluding hydrogens is 318 g/mol. The van der Waals surface area contributed by atoms with E-state index in [1.165, 1.54) is 6.33 Å². The number of nitrogens with two attached hydrogens (primary N) is 1. The molecule has 0 saturated carbocycles. The number of nitrogen functional groups attached to an aromatic ring is 1. The van der Waals surface area contributed by atoms with Crippen molar-refractivity contribution in [3.8, 4) is 0 Å². The van der Waals surface area contributed by atoms with Crippen molar-refractivity contribution in [3.63, 3.8) is 0 Å². The summed E-state index contributed by atoms with van der Waals surface area (Å²) in [5.74, 6) is 1.25. The second-order valence-electron chi connectivity index (χ2n) is 6.54. The van der Waals surface area contributed by atoms with Crippen molar-refractivity contribution in [2.75, 3.05) is 37.4 Å². The minimum absolute atomic E-state index is 0.0137. The number of hydrogen-bond donors (Lipinski definition) is 1. The molecule has 7 heteroatoms. The monoisotopic (exact) mass is 339 g/mol. The van der Waals surface area contributed by atoms with Crippen LogP contribution in [0.4, 0.5) is 11.6 Å². The molecule has 1 amide bonds. The molecule has 25 heavy (non-hydrogen) atoms. The van der Waals surface area contributed by atoms with Crippen LogP contribution in [0.5, 0.6) is 0 Å². The summed E-state index contributed by atoms with van der Waals surface area (Å²) in [7, 11) is 1.88. The lowest BCUT2D eigenvalue weighted by molar-refractivity contribution is -0.173. The fourth-order valence-electron chi connectivity index (χ4n) is 3.97. The number of piperidine rings is 1. The lowest BCUT2D eigenvalue weighted by Gasteiger charge is -2.55. The SMILES string of the molecule is CN1C(=O)CO[C@@H]2CN(c3cc(N)ncn3)CC[C@]21c1ccccc1. The molecule has 0 radical (unpaired) electrons. The molecule has 0 unspecified atom stereocenters. The molecule has 2 N–H and O–H groups in total. The molecule has 1 aromatic carbocycles. The summed E-state index contributed by atoms with van der Waals surface area (Å²) in [6, 6.07) is 11.9. The molecule has 2 fully saturated rings. The van der Waals surface area contributed by atoms with Gasteiger partial charge >= 0.3 is 0 Å². The Labute approximate surface area is 146 Å². The Kier molecular flexibility index (Phi) is 3.80. The summed E-state index contributed by atoms with van der Waals surface area (Å²) in [6.07, 6.45) is 2.09. The van der Waals surface area contributed by atoms with Crippen molar-refractivity contribution >= 4 is 17.5 Å². The average molecular weight is 339 g/mol. The number of hydrogen-bond acceptors (Lipinski definition) is 6. The molecule has 2 aliphatic rings. The molecule has 0 spiro atoms. The zero-order valence-electron chi connectivity index (χ0n) is 14.1. The van der Waals surface area contributed by atoms with E-state index in [4.69, 9.17) is 10.5 Å². The van der Waals surface area contributed by atoms with Crippen LogP contribution < -0.4 is 10.6 Å². The van der Waals surface area contributed by atoms with Gasteiger partial charge in [-0.05, 0) is 12.0 Å². The highest BCUT2D eigenvalue weighted by Crippen LogP contribution is 2.42. The first-order chi connectivity index (χ1) is 12.1. The number of anilines is 2. The van der Waals surface area contributed by atoms with Crippen LogP contribution in [0.25, 0.3) is 0 Å². The molecule has 0 bridgehead atoms. The number of likely N-dealkylation sites (N-methyl/N-ethyl adjacent to an activating group) is 1. The van der Waals surface area contributed by atoms with Gasteiger partial charge < -0.3 is 20.3 Å². The van der Waals surface area contributed by atoms with Crippen LogP contribution in [0.1, 0.15) is 12.0 Å². The second kappa shape index (κ2) is 6.00. The van der Waals surface area contributed by atoms with Gasteiger partial charge in [-0.1, -0.05) is 30.3 Å². The standard InChI is InChI=1S/C18H21N5O2/c1-22-17(24)11-25-14-10-23(16-9-15(19)20-12-21-16)8-7-18(14,22)13-5-3-2-4-6-13/h2-6,9,12,14H,7-8,10-11H2,1H3,(H2,19,20,21)/t14-,18+/m1/s1. The van der Waals surface area contributed by atoms with Crippen LogP contribution in [0, 0.1) is 0 Å². The van der Waals surface area contributed by atoms with E-state index in [-0.39, 0.29) is 18.6 Å². The number of amides is 1. The summed E-state index contributed by atoms with van der Waals surface area (Å²) in [5.41, 5.74) is 6.45. The predicted octanol–water partition coefficient (Wildman–Crippen LogP) is 1.02. The van der Waals surface area contributed by atoms with Crippen molar-refractivity contribution < 1.29 is 9.53 Å². The fraction of sp³-hybridized carbons (Fsp3) is 0.389. The summed E-state index contributed by atoms with van der Waals surface area (Å²) >= 11 is 0. The van der Waals surface area contributed by atoms with Crippen LogP contribution in [-0.4, -0.2) is 53.6 Å². The molecule has 2 aromatic rings. The number of carbonyl (C=O) groups excluding carboxylic acids is 1. The van der Waals surface area contributed by atoms with E-state index in [1.54, 1.807) is 6.07 Å². The van der Waals surface area contributed by atoms with E-state index in [2.05, 4.69) is 27.0 Å². The highest BCUT2D eigenvalue weighted by molar-refractivity contribution is 5.79. The molecular formula is C18H21N5O2. The Balaban J connectivity index is 1.70. The zero-order valence-corrected chi connectivity index (χ0v) is 14.1. The van der Waals surface area contributed by atoms with Crippen LogP contribution in [0.15, 0.2) is 42.7 Å².